The number of benzene rings is 3. The van der Waals surface area contributed by atoms with Crippen molar-refractivity contribution in [2.45, 2.75) is 26.7 Å². The molecule has 0 amide bonds. The second kappa shape index (κ2) is 9.23. The van der Waals surface area contributed by atoms with E-state index in [0.717, 1.165) is 64.3 Å². The Morgan fingerprint density at radius 1 is 0.875 bits per heavy atom. The van der Waals surface area contributed by atoms with Crippen LogP contribution >= 0.6 is 0 Å². The largest absolute Gasteiger partial charge is 0.378 e. The average molecular weight is 424 g/mol. The smallest absolute Gasteiger partial charge is 0.150 e. The van der Waals surface area contributed by atoms with Crippen molar-refractivity contribution in [1.82, 2.24) is 9.97 Å². The summed E-state index contributed by atoms with van der Waals surface area (Å²) in [5.74, 6) is 0.877. The fourth-order valence-corrected chi connectivity index (χ4v) is 4.13. The number of rotatable bonds is 7. The molecule has 0 bridgehead atoms. The van der Waals surface area contributed by atoms with Gasteiger partial charge in [-0.3, -0.25) is 4.79 Å². The molecule has 4 aromatic rings. The molecule has 1 heterocycles. The molecule has 0 unspecified atom stereocenters. The summed E-state index contributed by atoms with van der Waals surface area (Å²) in [4.78, 5) is 22.1. The number of nitrogens with one attached hydrogen (secondary N) is 1. The van der Waals surface area contributed by atoms with Gasteiger partial charge in [0.2, 0.25) is 0 Å². The molecule has 0 aliphatic carbocycles. The van der Waals surface area contributed by atoms with Gasteiger partial charge in [0.05, 0.1) is 11.4 Å². The number of imidazole rings is 1. The highest BCUT2D eigenvalue weighted by molar-refractivity contribution is 5.77. The predicted molar refractivity (Wildman–Crippen MR) is 132 cm³/mol. The van der Waals surface area contributed by atoms with E-state index in [1.54, 1.807) is 0 Å². The van der Waals surface area contributed by atoms with E-state index in [4.69, 9.17) is 4.98 Å². The molecule has 3 aromatic carbocycles. The number of anilines is 1. The third-order valence-electron chi connectivity index (χ3n) is 5.76. The summed E-state index contributed by atoms with van der Waals surface area (Å²) >= 11 is 0. The summed E-state index contributed by atoms with van der Waals surface area (Å²) < 4.78 is 0. The molecule has 0 atom stereocenters. The molecule has 0 aliphatic rings. The Kier molecular flexibility index (Phi) is 6.22. The van der Waals surface area contributed by atoms with Crippen LogP contribution in [0.3, 0.4) is 0 Å². The summed E-state index contributed by atoms with van der Waals surface area (Å²) in [5, 5.41) is 0. The SMILES string of the molecule is Cc1cc(C)cc(-c2nc(CCc3ccccc3C=O)c(-c3ccc(N(C)C)cc3)[nH]2)c1. The third-order valence-corrected chi connectivity index (χ3v) is 5.76. The van der Waals surface area contributed by atoms with Crippen LogP contribution in [0.25, 0.3) is 22.6 Å². The molecule has 4 rings (SSSR count). The van der Waals surface area contributed by atoms with E-state index in [2.05, 4.69) is 66.2 Å². The quantitative estimate of drug-likeness (QED) is 0.370. The standard InChI is InChI=1S/C28H29N3O/c1-19-15-20(2)17-24(16-19)28-29-26(14-11-21-7-5-6-8-23(21)18-32)27(30-28)22-9-12-25(13-10-22)31(3)4/h5-10,12-13,15-18H,11,14H2,1-4H3,(H,29,30). The molecule has 162 valence electrons. The van der Waals surface area contributed by atoms with Gasteiger partial charge in [-0.2, -0.15) is 0 Å². The molecule has 0 fully saturated rings. The normalized spacial score (nSPS) is 10.9. The Bertz CT molecular complexity index is 1220. The minimum absolute atomic E-state index is 0.745. The molecule has 0 saturated heterocycles. The van der Waals surface area contributed by atoms with Crippen molar-refractivity contribution in [3.05, 3.63) is 94.7 Å². The van der Waals surface area contributed by atoms with Gasteiger partial charge in [0.1, 0.15) is 12.1 Å². The van der Waals surface area contributed by atoms with E-state index in [-0.39, 0.29) is 0 Å². The van der Waals surface area contributed by atoms with Crippen molar-refractivity contribution in [3.63, 3.8) is 0 Å². The number of nitrogens with zero attached hydrogens (tertiary/aromatic N) is 2. The number of aldehydes is 1. The lowest BCUT2D eigenvalue weighted by Gasteiger charge is -2.12. The third kappa shape index (κ3) is 4.65. The van der Waals surface area contributed by atoms with E-state index < -0.39 is 0 Å². The van der Waals surface area contributed by atoms with Crippen molar-refractivity contribution < 1.29 is 4.79 Å². The van der Waals surface area contributed by atoms with Crippen LogP contribution in [0.4, 0.5) is 5.69 Å². The number of hydrogen-bond acceptors (Lipinski definition) is 3. The molecule has 0 radical (unpaired) electrons. The summed E-state index contributed by atoms with van der Waals surface area (Å²) in [6.45, 7) is 4.22. The fourth-order valence-electron chi connectivity index (χ4n) is 4.13. The second-order valence-electron chi connectivity index (χ2n) is 8.54. The van der Waals surface area contributed by atoms with Crippen molar-refractivity contribution in [2.24, 2.45) is 0 Å². The van der Waals surface area contributed by atoms with Crippen molar-refractivity contribution in [2.75, 3.05) is 19.0 Å². The van der Waals surface area contributed by atoms with Crippen LogP contribution in [0.2, 0.25) is 0 Å². The molecule has 32 heavy (non-hydrogen) atoms. The predicted octanol–water partition coefficient (Wildman–Crippen LogP) is 6.02. The second-order valence-corrected chi connectivity index (χ2v) is 8.54. The van der Waals surface area contributed by atoms with Crippen LogP contribution in [0.1, 0.15) is 32.7 Å². The first-order valence-corrected chi connectivity index (χ1v) is 10.9. The summed E-state index contributed by atoms with van der Waals surface area (Å²) in [7, 11) is 4.08. The highest BCUT2D eigenvalue weighted by Crippen LogP contribution is 2.29. The van der Waals surface area contributed by atoms with Gasteiger partial charge in [0.25, 0.3) is 0 Å². The lowest BCUT2D eigenvalue weighted by molar-refractivity contribution is 0.112. The Labute approximate surface area is 190 Å². The van der Waals surface area contributed by atoms with E-state index in [9.17, 15) is 4.79 Å². The van der Waals surface area contributed by atoms with E-state index in [1.165, 1.54) is 11.1 Å². The number of aromatic amines is 1. The van der Waals surface area contributed by atoms with Gasteiger partial charge in [-0.15, -0.1) is 0 Å². The highest BCUT2D eigenvalue weighted by atomic mass is 16.1. The highest BCUT2D eigenvalue weighted by Gasteiger charge is 2.15. The van der Waals surface area contributed by atoms with Crippen LogP contribution in [0.15, 0.2) is 66.7 Å². The topological polar surface area (TPSA) is 49.0 Å². The monoisotopic (exact) mass is 423 g/mol. The maximum absolute atomic E-state index is 11.4. The van der Waals surface area contributed by atoms with Gasteiger partial charge in [-0.25, -0.2) is 4.98 Å². The van der Waals surface area contributed by atoms with E-state index in [0.29, 0.717) is 0 Å². The van der Waals surface area contributed by atoms with Crippen LogP contribution in [-0.2, 0) is 12.8 Å². The Morgan fingerprint density at radius 2 is 1.56 bits per heavy atom. The average Bonchev–Trinajstić information content (AvgIpc) is 3.21. The zero-order valence-electron chi connectivity index (χ0n) is 19.1. The zero-order valence-corrected chi connectivity index (χ0v) is 19.1. The number of aryl methyl sites for hydroxylation is 4. The van der Waals surface area contributed by atoms with Gasteiger partial charge in [-0.05, 0) is 62.1 Å². The molecular formula is C28H29N3O. The van der Waals surface area contributed by atoms with Crippen LogP contribution in [0.5, 0.6) is 0 Å². The molecule has 0 spiro atoms. The molecule has 1 N–H and O–H groups in total. The van der Waals surface area contributed by atoms with Crippen LogP contribution in [-0.4, -0.2) is 30.3 Å². The molecule has 0 aliphatic heterocycles. The number of carbonyl (C=O) groups excluding carboxylic acids is 1. The van der Waals surface area contributed by atoms with Crippen molar-refractivity contribution in [3.8, 4) is 22.6 Å². The molecule has 0 saturated carbocycles. The number of aromatic nitrogens is 2. The minimum Gasteiger partial charge on any atom is -0.378 e. The maximum Gasteiger partial charge on any atom is 0.150 e. The summed E-state index contributed by atoms with van der Waals surface area (Å²) in [6, 6.07) is 22.8. The molecule has 4 heteroatoms. The van der Waals surface area contributed by atoms with E-state index >= 15 is 0 Å². The van der Waals surface area contributed by atoms with Crippen LogP contribution in [0, 0.1) is 13.8 Å². The lowest BCUT2D eigenvalue weighted by Crippen LogP contribution is -2.08. The molecule has 4 nitrogen and oxygen atoms in total. The zero-order chi connectivity index (χ0) is 22.7. The molecule has 1 aromatic heterocycles. The number of carbonyl (C=O) groups is 1. The lowest BCUT2D eigenvalue weighted by atomic mass is 10.0. The number of H-pyrrole nitrogens is 1. The Hall–Kier alpha value is -3.66. The fraction of sp³-hybridized carbons (Fsp3) is 0.214. The Morgan fingerprint density at radius 3 is 2.22 bits per heavy atom. The van der Waals surface area contributed by atoms with Crippen molar-refractivity contribution >= 4 is 12.0 Å². The first-order valence-electron chi connectivity index (χ1n) is 10.9. The summed E-state index contributed by atoms with van der Waals surface area (Å²) in [5.41, 5.74) is 9.63. The molecular weight excluding hydrogens is 394 g/mol. The van der Waals surface area contributed by atoms with Crippen LogP contribution < -0.4 is 4.90 Å². The minimum atomic E-state index is 0.745. The van der Waals surface area contributed by atoms with E-state index in [1.807, 2.05) is 38.4 Å². The van der Waals surface area contributed by atoms with Gasteiger partial charge >= 0.3 is 0 Å². The first-order chi connectivity index (χ1) is 15.4. The van der Waals surface area contributed by atoms with Crippen molar-refractivity contribution in [1.29, 1.82) is 0 Å². The van der Waals surface area contributed by atoms with Gasteiger partial charge in [0.15, 0.2) is 0 Å². The summed E-state index contributed by atoms with van der Waals surface area (Å²) in [6.07, 6.45) is 2.44. The maximum atomic E-state index is 11.4. The first kappa shape index (κ1) is 21.6. The van der Waals surface area contributed by atoms with Gasteiger partial charge < -0.3 is 9.88 Å². The number of hydrogen-bond donors (Lipinski definition) is 1. The van der Waals surface area contributed by atoms with Gasteiger partial charge in [-0.1, -0.05) is 53.6 Å². The van der Waals surface area contributed by atoms with Gasteiger partial charge in [0, 0.05) is 30.9 Å². The Balaban J connectivity index is 1.74.